The number of rotatable bonds is 5. The van der Waals surface area contributed by atoms with Gasteiger partial charge in [0.1, 0.15) is 0 Å². The fourth-order valence-electron chi connectivity index (χ4n) is 2.89. The van der Waals surface area contributed by atoms with Gasteiger partial charge in [-0.05, 0) is 35.6 Å². The molecule has 0 atom stereocenters. The fourth-order valence-corrected chi connectivity index (χ4v) is 4.01. The largest absolute Gasteiger partial charge is 0.316 e. The molecule has 1 aromatic heterocycles. The summed E-state index contributed by atoms with van der Waals surface area (Å²) in [6.45, 7) is 7.42. The number of benzene rings is 2. The molecule has 3 rings (SSSR count). The highest BCUT2D eigenvalue weighted by Gasteiger charge is 2.10. The molecule has 0 aliphatic heterocycles. The molecule has 3 nitrogen and oxygen atoms in total. The van der Waals surface area contributed by atoms with Crippen molar-refractivity contribution < 1.29 is 4.79 Å². The summed E-state index contributed by atoms with van der Waals surface area (Å²) < 4.78 is 3.37. The van der Waals surface area contributed by atoms with Crippen LogP contribution < -0.4 is 4.80 Å². The van der Waals surface area contributed by atoms with Crippen LogP contribution >= 0.6 is 11.3 Å². The van der Waals surface area contributed by atoms with Crippen LogP contribution in [-0.2, 0) is 17.8 Å². The lowest BCUT2D eigenvalue weighted by atomic mass is 10.0. The van der Waals surface area contributed by atoms with E-state index in [4.69, 9.17) is 0 Å². The third kappa shape index (κ3) is 4.07. The minimum Gasteiger partial charge on any atom is -0.316 e. The second-order valence-electron chi connectivity index (χ2n) is 6.59. The van der Waals surface area contributed by atoms with Gasteiger partial charge in [-0.3, -0.25) is 4.79 Å². The van der Waals surface area contributed by atoms with Gasteiger partial charge in [-0.25, -0.2) is 0 Å². The Bertz CT molecular complexity index is 935. The van der Waals surface area contributed by atoms with Crippen molar-refractivity contribution in [3.8, 4) is 0 Å². The van der Waals surface area contributed by atoms with Crippen LogP contribution in [0.1, 0.15) is 44.2 Å². The van der Waals surface area contributed by atoms with Crippen LogP contribution in [0.3, 0.4) is 0 Å². The highest BCUT2D eigenvalue weighted by Crippen LogP contribution is 2.23. The zero-order valence-corrected chi connectivity index (χ0v) is 15.8. The zero-order valence-electron chi connectivity index (χ0n) is 15.0. The quantitative estimate of drug-likeness (QED) is 0.643. The third-order valence-corrected chi connectivity index (χ3v) is 5.28. The SMILES string of the molecule is CCCn1c(=NC(=O)Cc2ccccc2)sc2cc(C(C)C)ccc21. The molecule has 3 aromatic rings. The molecule has 0 fully saturated rings. The second-order valence-corrected chi connectivity index (χ2v) is 7.60. The van der Waals surface area contributed by atoms with E-state index in [0.29, 0.717) is 12.3 Å². The van der Waals surface area contributed by atoms with E-state index >= 15 is 0 Å². The number of carbonyl (C=O) groups excluding carboxylic acids is 1. The molecule has 0 unspecified atom stereocenters. The lowest BCUT2D eigenvalue weighted by Crippen LogP contribution is -2.17. The number of amides is 1. The molecule has 0 N–H and O–H groups in total. The van der Waals surface area contributed by atoms with Gasteiger partial charge in [0, 0.05) is 6.54 Å². The average Bonchev–Trinajstić information content (AvgIpc) is 2.92. The highest BCUT2D eigenvalue weighted by atomic mass is 32.1. The van der Waals surface area contributed by atoms with E-state index in [1.54, 1.807) is 11.3 Å². The molecule has 1 amide bonds. The smallest absolute Gasteiger partial charge is 0.252 e. The Kier molecular flexibility index (Phi) is 5.49. The van der Waals surface area contributed by atoms with Gasteiger partial charge in [-0.15, -0.1) is 0 Å². The van der Waals surface area contributed by atoms with E-state index in [9.17, 15) is 4.79 Å². The third-order valence-electron chi connectivity index (χ3n) is 4.24. The molecule has 2 aromatic carbocycles. The van der Waals surface area contributed by atoms with Crippen molar-refractivity contribution in [1.82, 2.24) is 4.57 Å². The molecule has 0 spiro atoms. The van der Waals surface area contributed by atoms with E-state index < -0.39 is 0 Å². The molecule has 130 valence electrons. The van der Waals surface area contributed by atoms with Crippen LogP contribution in [0.15, 0.2) is 53.5 Å². The number of thiazole rings is 1. The summed E-state index contributed by atoms with van der Waals surface area (Å²) in [7, 11) is 0. The maximum absolute atomic E-state index is 12.4. The summed E-state index contributed by atoms with van der Waals surface area (Å²) in [6, 6.07) is 16.4. The summed E-state index contributed by atoms with van der Waals surface area (Å²) >= 11 is 1.61. The summed E-state index contributed by atoms with van der Waals surface area (Å²) in [5, 5.41) is 0. The Morgan fingerprint density at radius 1 is 1.16 bits per heavy atom. The van der Waals surface area contributed by atoms with Crippen LogP contribution in [0.5, 0.6) is 0 Å². The molecule has 0 saturated heterocycles. The Hall–Kier alpha value is -2.20. The Morgan fingerprint density at radius 2 is 1.92 bits per heavy atom. The van der Waals surface area contributed by atoms with Crippen LogP contribution in [0.25, 0.3) is 10.2 Å². The van der Waals surface area contributed by atoms with Gasteiger partial charge in [0.2, 0.25) is 0 Å². The predicted octanol–water partition coefficient (Wildman–Crippen LogP) is 4.91. The Labute approximate surface area is 152 Å². The van der Waals surface area contributed by atoms with Gasteiger partial charge in [-0.2, -0.15) is 4.99 Å². The lowest BCUT2D eigenvalue weighted by Gasteiger charge is -2.06. The van der Waals surface area contributed by atoms with Crippen LogP contribution in [-0.4, -0.2) is 10.5 Å². The van der Waals surface area contributed by atoms with Crippen LogP contribution in [0.4, 0.5) is 0 Å². The number of hydrogen-bond donors (Lipinski definition) is 0. The summed E-state index contributed by atoms with van der Waals surface area (Å²) in [6.07, 6.45) is 1.36. The van der Waals surface area contributed by atoms with Crippen molar-refractivity contribution in [2.45, 2.75) is 46.1 Å². The fraction of sp³-hybridized carbons (Fsp3) is 0.333. The molecule has 0 saturated carbocycles. The van der Waals surface area contributed by atoms with Crippen LogP contribution in [0, 0.1) is 0 Å². The van der Waals surface area contributed by atoms with E-state index in [2.05, 4.69) is 48.5 Å². The van der Waals surface area contributed by atoms with Crippen molar-refractivity contribution in [2.24, 2.45) is 4.99 Å². The highest BCUT2D eigenvalue weighted by molar-refractivity contribution is 7.16. The minimum absolute atomic E-state index is 0.0910. The summed E-state index contributed by atoms with van der Waals surface area (Å²) in [5.41, 5.74) is 3.49. The molecule has 25 heavy (non-hydrogen) atoms. The van der Waals surface area contributed by atoms with Gasteiger partial charge in [0.05, 0.1) is 16.6 Å². The van der Waals surface area contributed by atoms with Gasteiger partial charge in [0.25, 0.3) is 5.91 Å². The predicted molar refractivity (Wildman–Crippen MR) is 105 cm³/mol. The van der Waals surface area contributed by atoms with Crippen molar-refractivity contribution in [3.63, 3.8) is 0 Å². The molecule has 0 radical (unpaired) electrons. The van der Waals surface area contributed by atoms with Crippen molar-refractivity contribution in [2.75, 3.05) is 0 Å². The van der Waals surface area contributed by atoms with Gasteiger partial charge < -0.3 is 4.57 Å². The van der Waals surface area contributed by atoms with E-state index in [-0.39, 0.29) is 5.91 Å². The number of carbonyl (C=O) groups is 1. The van der Waals surface area contributed by atoms with Crippen molar-refractivity contribution >= 4 is 27.5 Å². The summed E-state index contributed by atoms with van der Waals surface area (Å²) in [5.74, 6) is 0.401. The first-order valence-electron chi connectivity index (χ1n) is 8.83. The maximum atomic E-state index is 12.4. The number of nitrogens with zero attached hydrogens (tertiary/aromatic N) is 2. The summed E-state index contributed by atoms with van der Waals surface area (Å²) in [4.78, 5) is 17.6. The van der Waals surface area contributed by atoms with E-state index in [1.807, 2.05) is 30.3 Å². The molecule has 1 heterocycles. The number of hydrogen-bond acceptors (Lipinski definition) is 2. The minimum atomic E-state index is -0.0910. The monoisotopic (exact) mass is 352 g/mol. The van der Waals surface area contributed by atoms with Gasteiger partial charge >= 0.3 is 0 Å². The van der Waals surface area contributed by atoms with E-state index in [1.165, 1.54) is 15.8 Å². The van der Waals surface area contributed by atoms with Gasteiger partial charge in [-0.1, -0.05) is 68.5 Å². The second kappa shape index (κ2) is 7.79. The normalized spacial score (nSPS) is 12.2. The molecule has 0 aliphatic carbocycles. The lowest BCUT2D eigenvalue weighted by molar-refractivity contribution is -0.117. The first-order valence-corrected chi connectivity index (χ1v) is 9.65. The zero-order chi connectivity index (χ0) is 17.8. The number of aromatic nitrogens is 1. The van der Waals surface area contributed by atoms with Crippen molar-refractivity contribution in [3.05, 3.63) is 64.5 Å². The molecule has 0 bridgehead atoms. The van der Waals surface area contributed by atoms with Crippen LogP contribution in [0.2, 0.25) is 0 Å². The standard InChI is InChI=1S/C21H24N2OS/c1-4-12-23-18-11-10-17(15(2)3)14-19(18)25-21(23)22-20(24)13-16-8-6-5-7-9-16/h5-11,14-15H,4,12-13H2,1-3H3. The van der Waals surface area contributed by atoms with Crippen molar-refractivity contribution in [1.29, 1.82) is 0 Å². The maximum Gasteiger partial charge on any atom is 0.252 e. The Morgan fingerprint density at radius 3 is 2.60 bits per heavy atom. The molecular weight excluding hydrogens is 328 g/mol. The Balaban J connectivity index is 2.01. The number of fused-ring (bicyclic) bond motifs is 1. The molecular formula is C21H24N2OS. The topological polar surface area (TPSA) is 34.4 Å². The molecule has 0 aliphatic rings. The number of aryl methyl sites for hydroxylation is 1. The molecule has 4 heteroatoms. The average molecular weight is 353 g/mol. The first-order chi connectivity index (χ1) is 12.1. The van der Waals surface area contributed by atoms with Gasteiger partial charge in [0.15, 0.2) is 4.80 Å². The van der Waals surface area contributed by atoms with E-state index in [0.717, 1.165) is 23.3 Å². The first kappa shape index (κ1) is 17.6.